The van der Waals surface area contributed by atoms with E-state index in [9.17, 15) is 22.8 Å². The van der Waals surface area contributed by atoms with Crippen molar-refractivity contribution in [2.24, 2.45) is 5.41 Å². The van der Waals surface area contributed by atoms with Crippen molar-refractivity contribution >= 4 is 23.4 Å². The van der Waals surface area contributed by atoms with Gasteiger partial charge in [0, 0.05) is 51.2 Å². The minimum absolute atomic E-state index is 0.0363. The molecular weight excluding hydrogens is 487 g/mol. The number of rotatable bonds is 3. The number of amides is 3. The molecule has 37 heavy (non-hydrogen) atoms. The molecule has 0 radical (unpaired) electrons. The first kappa shape index (κ1) is 25.3. The van der Waals surface area contributed by atoms with Gasteiger partial charge in [0.05, 0.1) is 24.3 Å². The molecular formula is C26H30F3N5O3. The average Bonchev–Trinajstić information content (AvgIpc) is 3.33. The summed E-state index contributed by atoms with van der Waals surface area (Å²) in [5.74, 6) is 0.809. The number of benzene rings is 1. The van der Waals surface area contributed by atoms with Crippen LogP contribution in [0.5, 0.6) is 0 Å². The maximum Gasteiger partial charge on any atom is 0.416 e. The SMILES string of the molecule is O=C(Nc1ccc(C(F)(F)F)cc1)N1CCC2(CCN(C(=O)c3ccc(N4CCOCC4)nc3)CC2)C1. The molecule has 0 atom stereocenters. The topological polar surface area (TPSA) is 78.0 Å². The first-order valence-electron chi connectivity index (χ1n) is 12.5. The molecule has 5 rings (SSSR count). The van der Waals surface area contributed by atoms with Gasteiger partial charge >= 0.3 is 12.2 Å². The van der Waals surface area contributed by atoms with Gasteiger partial charge in [0.1, 0.15) is 5.82 Å². The number of carbonyl (C=O) groups is 2. The summed E-state index contributed by atoms with van der Waals surface area (Å²) in [5, 5.41) is 2.70. The Kier molecular flexibility index (Phi) is 6.98. The third kappa shape index (κ3) is 5.66. The average molecular weight is 518 g/mol. The number of halogens is 3. The number of anilines is 2. The van der Waals surface area contributed by atoms with E-state index in [0.717, 1.165) is 50.3 Å². The minimum Gasteiger partial charge on any atom is -0.378 e. The lowest BCUT2D eigenvalue weighted by atomic mass is 9.77. The van der Waals surface area contributed by atoms with Gasteiger partial charge in [-0.05, 0) is 61.1 Å². The zero-order chi connectivity index (χ0) is 26.0. The van der Waals surface area contributed by atoms with Crippen LogP contribution >= 0.6 is 0 Å². The van der Waals surface area contributed by atoms with Crippen molar-refractivity contribution in [1.29, 1.82) is 0 Å². The van der Waals surface area contributed by atoms with E-state index in [1.54, 1.807) is 11.1 Å². The molecule has 1 spiro atoms. The van der Waals surface area contributed by atoms with Crippen molar-refractivity contribution in [3.8, 4) is 0 Å². The lowest BCUT2D eigenvalue weighted by molar-refractivity contribution is -0.137. The van der Waals surface area contributed by atoms with Crippen LogP contribution in [-0.2, 0) is 10.9 Å². The van der Waals surface area contributed by atoms with Crippen LogP contribution in [0, 0.1) is 5.41 Å². The fourth-order valence-corrected chi connectivity index (χ4v) is 5.32. The largest absolute Gasteiger partial charge is 0.416 e. The highest BCUT2D eigenvalue weighted by atomic mass is 19.4. The zero-order valence-electron chi connectivity index (χ0n) is 20.5. The Morgan fingerprint density at radius 3 is 2.14 bits per heavy atom. The van der Waals surface area contributed by atoms with E-state index in [1.165, 1.54) is 12.1 Å². The second-order valence-corrected chi connectivity index (χ2v) is 9.97. The highest BCUT2D eigenvalue weighted by Gasteiger charge is 2.43. The Labute approximate surface area is 213 Å². The van der Waals surface area contributed by atoms with Crippen LogP contribution in [0.3, 0.4) is 0 Å². The third-order valence-electron chi connectivity index (χ3n) is 7.63. The molecule has 0 aliphatic carbocycles. The molecule has 3 aliphatic rings. The minimum atomic E-state index is -4.41. The Bertz CT molecular complexity index is 1110. The summed E-state index contributed by atoms with van der Waals surface area (Å²) in [6.45, 7) is 5.28. The quantitative estimate of drug-likeness (QED) is 0.664. The number of hydrogen-bond acceptors (Lipinski definition) is 5. The van der Waals surface area contributed by atoms with E-state index in [0.29, 0.717) is 50.6 Å². The van der Waals surface area contributed by atoms with Gasteiger partial charge in [0.2, 0.25) is 0 Å². The van der Waals surface area contributed by atoms with Gasteiger partial charge < -0.3 is 24.8 Å². The summed E-state index contributed by atoms with van der Waals surface area (Å²) < 4.78 is 43.7. The van der Waals surface area contributed by atoms with Crippen molar-refractivity contribution in [3.63, 3.8) is 0 Å². The lowest BCUT2D eigenvalue weighted by Crippen LogP contribution is -2.45. The molecule has 2 aromatic rings. The highest BCUT2D eigenvalue weighted by molar-refractivity contribution is 5.94. The third-order valence-corrected chi connectivity index (χ3v) is 7.63. The van der Waals surface area contributed by atoms with Crippen molar-refractivity contribution in [2.75, 3.05) is 62.7 Å². The maximum absolute atomic E-state index is 13.1. The molecule has 0 bridgehead atoms. The fourth-order valence-electron chi connectivity index (χ4n) is 5.32. The normalized spacial score (nSPS) is 19.8. The Morgan fingerprint density at radius 1 is 0.892 bits per heavy atom. The highest BCUT2D eigenvalue weighted by Crippen LogP contribution is 2.41. The van der Waals surface area contributed by atoms with E-state index < -0.39 is 11.7 Å². The second-order valence-electron chi connectivity index (χ2n) is 9.97. The lowest BCUT2D eigenvalue weighted by Gasteiger charge is -2.39. The molecule has 1 aromatic heterocycles. The number of hydrogen-bond donors (Lipinski definition) is 1. The van der Waals surface area contributed by atoms with Gasteiger partial charge in [-0.15, -0.1) is 0 Å². The van der Waals surface area contributed by atoms with Crippen molar-refractivity contribution < 1.29 is 27.5 Å². The van der Waals surface area contributed by atoms with Crippen molar-refractivity contribution in [2.45, 2.75) is 25.4 Å². The Morgan fingerprint density at radius 2 is 1.54 bits per heavy atom. The van der Waals surface area contributed by atoms with Crippen LogP contribution < -0.4 is 10.2 Å². The Balaban J connectivity index is 1.12. The van der Waals surface area contributed by atoms with Gasteiger partial charge in [0.15, 0.2) is 0 Å². The number of morpholine rings is 1. The number of aromatic nitrogens is 1. The van der Waals surface area contributed by atoms with Gasteiger partial charge in [-0.2, -0.15) is 13.2 Å². The number of nitrogens with zero attached hydrogens (tertiary/aromatic N) is 4. The fraction of sp³-hybridized carbons (Fsp3) is 0.500. The number of likely N-dealkylation sites (tertiary alicyclic amines) is 2. The summed E-state index contributed by atoms with van der Waals surface area (Å²) in [6.07, 6.45) is -0.348. The smallest absolute Gasteiger partial charge is 0.378 e. The van der Waals surface area contributed by atoms with Gasteiger partial charge in [-0.1, -0.05) is 0 Å². The monoisotopic (exact) mass is 517 g/mol. The van der Waals surface area contributed by atoms with Gasteiger partial charge in [-0.3, -0.25) is 4.79 Å². The molecule has 3 aliphatic heterocycles. The second kappa shape index (κ2) is 10.2. The number of pyridine rings is 1. The van der Waals surface area contributed by atoms with Crippen LogP contribution in [0.4, 0.5) is 29.5 Å². The number of carbonyl (C=O) groups excluding carboxylic acids is 2. The molecule has 0 unspecified atom stereocenters. The maximum atomic E-state index is 13.1. The van der Waals surface area contributed by atoms with Crippen LogP contribution in [0.2, 0.25) is 0 Å². The number of urea groups is 1. The van der Waals surface area contributed by atoms with Crippen LogP contribution in [-0.4, -0.2) is 79.2 Å². The molecule has 1 N–H and O–H groups in total. The van der Waals surface area contributed by atoms with Crippen LogP contribution in [0.15, 0.2) is 42.6 Å². The van der Waals surface area contributed by atoms with E-state index in [4.69, 9.17) is 4.74 Å². The summed E-state index contributed by atoms with van der Waals surface area (Å²) in [7, 11) is 0. The van der Waals surface area contributed by atoms with E-state index in [-0.39, 0.29) is 17.4 Å². The first-order valence-corrected chi connectivity index (χ1v) is 12.5. The molecule has 3 amide bonds. The number of piperidine rings is 1. The zero-order valence-corrected chi connectivity index (χ0v) is 20.5. The summed E-state index contributed by atoms with van der Waals surface area (Å²) in [4.78, 5) is 36.0. The van der Waals surface area contributed by atoms with Gasteiger partial charge in [-0.25, -0.2) is 9.78 Å². The van der Waals surface area contributed by atoms with Crippen LogP contribution in [0.1, 0.15) is 35.2 Å². The molecule has 3 saturated heterocycles. The van der Waals surface area contributed by atoms with E-state index >= 15 is 0 Å². The Hall–Kier alpha value is -3.34. The van der Waals surface area contributed by atoms with Crippen molar-refractivity contribution in [1.82, 2.24) is 14.8 Å². The molecule has 11 heteroatoms. The van der Waals surface area contributed by atoms with E-state index in [1.807, 2.05) is 17.0 Å². The molecule has 1 aromatic carbocycles. The molecule has 198 valence electrons. The molecule has 0 saturated carbocycles. The molecule has 3 fully saturated rings. The molecule has 8 nitrogen and oxygen atoms in total. The summed E-state index contributed by atoms with van der Waals surface area (Å²) in [6, 6.07) is 7.83. The summed E-state index contributed by atoms with van der Waals surface area (Å²) in [5.41, 5.74) is 0.0903. The van der Waals surface area contributed by atoms with Crippen molar-refractivity contribution in [3.05, 3.63) is 53.7 Å². The number of alkyl halides is 3. The molecule has 4 heterocycles. The van der Waals surface area contributed by atoms with Crippen LogP contribution in [0.25, 0.3) is 0 Å². The number of ether oxygens (including phenoxy) is 1. The standard InChI is InChI=1S/C26H30F3N5O3/c27-26(28,29)20-2-4-21(5-3-20)31-24(36)34-12-9-25(18-34)7-10-33(11-8-25)23(35)19-1-6-22(30-17-19)32-13-15-37-16-14-32/h1-6,17H,7-16,18H2,(H,31,36). The van der Waals surface area contributed by atoms with Gasteiger partial charge in [0.25, 0.3) is 5.91 Å². The number of nitrogens with one attached hydrogen (secondary N) is 1. The predicted molar refractivity (Wildman–Crippen MR) is 131 cm³/mol. The predicted octanol–water partition coefficient (Wildman–Crippen LogP) is 4.10. The summed E-state index contributed by atoms with van der Waals surface area (Å²) >= 11 is 0. The van der Waals surface area contributed by atoms with E-state index in [2.05, 4.69) is 15.2 Å². The first-order chi connectivity index (χ1) is 17.7.